The van der Waals surface area contributed by atoms with Gasteiger partial charge >= 0.3 is 6.03 Å². The minimum absolute atomic E-state index is 0.341. The van der Waals surface area contributed by atoms with Gasteiger partial charge in [-0.15, -0.1) is 0 Å². The van der Waals surface area contributed by atoms with E-state index in [1.54, 1.807) is 12.1 Å². The summed E-state index contributed by atoms with van der Waals surface area (Å²) in [5.74, 6) is 0.491. The van der Waals surface area contributed by atoms with Gasteiger partial charge in [-0.25, -0.2) is 4.79 Å². The quantitative estimate of drug-likeness (QED) is 0.717. The topological polar surface area (TPSA) is 103 Å². The van der Waals surface area contributed by atoms with E-state index in [9.17, 15) is 4.79 Å². The molecule has 0 bridgehead atoms. The number of hydrogen-bond acceptors (Lipinski definition) is 5. The van der Waals surface area contributed by atoms with Crippen LogP contribution in [0.4, 0.5) is 4.79 Å². The Morgan fingerprint density at radius 2 is 1.90 bits per heavy atom. The number of nitrogens with zero attached hydrogens (tertiary/aromatic N) is 3. The summed E-state index contributed by atoms with van der Waals surface area (Å²) in [4.78, 5) is 17.1. The zero-order valence-electron chi connectivity index (χ0n) is 16.1. The zero-order valence-corrected chi connectivity index (χ0v) is 16.1. The predicted molar refractivity (Wildman–Crippen MR) is 108 cm³/mol. The molecule has 0 spiro atoms. The predicted octanol–water partition coefficient (Wildman–Crippen LogP) is 3.69. The van der Waals surface area contributed by atoms with Gasteiger partial charge in [0.05, 0.1) is 28.6 Å². The summed E-state index contributed by atoms with van der Waals surface area (Å²) in [6, 6.07) is 16.9. The highest BCUT2D eigenvalue weighted by Crippen LogP contribution is 2.38. The lowest BCUT2D eigenvalue weighted by molar-refractivity contribution is 0.234. The van der Waals surface area contributed by atoms with E-state index < -0.39 is 6.17 Å². The van der Waals surface area contributed by atoms with Gasteiger partial charge in [0.25, 0.3) is 0 Å². The summed E-state index contributed by atoms with van der Waals surface area (Å²) in [7, 11) is 0. The van der Waals surface area contributed by atoms with Crippen LogP contribution in [0.3, 0.4) is 0 Å². The van der Waals surface area contributed by atoms with Crippen LogP contribution in [0, 0.1) is 18.3 Å². The van der Waals surface area contributed by atoms with Crippen molar-refractivity contribution < 1.29 is 9.32 Å². The van der Waals surface area contributed by atoms with Crippen molar-refractivity contribution in [3.05, 3.63) is 76.7 Å². The van der Waals surface area contributed by atoms with E-state index in [1.165, 1.54) is 0 Å². The summed E-state index contributed by atoms with van der Waals surface area (Å²) in [6.07, 6.45) is -0.740. The number of aliphatic imine (C=N–C) groups is 1. The highest BCUT2D eigenvalue weighted by molar-refractivity contribution is 6.17. The fraction of sp³-hybridized carbons (Fsp3) is 0.182. The van der Waals surface area contributed by atoms with Crippen LogP contribution in [-0.4, -0.2) is 23.4 Å². The first-order valence-electron chi connectivity index (χ1n) is 9.31. The van der Waals surface area contributed by atoms with Gasteiger partial charge in [0.2, 0.25) is 0 Å². The van der Waals surface area contributed by atoms with E-state index in [1.807, 2.05) is 50.2 Å². The smallest absolute Gasteiger partial charge is 0.316 e. The molecule has 1 aliphatic rings. The molecule has 1 atom stereocenters. The number of nitrogens with one attached hydrogen (secondary N) is 2. The molecule has 0 aliphatic carbocycles. The van der Waals surface area contributed by atoms with Crippen LogP contribution in [-0.2, 0) is 0 Å². The third-order valence-corrected chi connectivity index (χ3v) is 4.74. The van der Waals surface area contributed by atoms with Crippen LogP contribution >= 0.6 is 0 Å². The first-order chi connectivity index (χ1) is 14.1. The molecule has 3 aromatic rings. The average molecular weight is 385 g/mol. The fourth-order valence-corrected chi connectivity index (χ4v) is 3.43. The molecular formula is C22H19N5O2. The minimum Gasteiger partial charge on any atom is -0.356 e. The van der Waals surface area contributed by atoms with Crippen molar-refractivity contribution in [2.45, 2.75) is 20.0 Å². The first kappa shape index (κ1) is 18.4. The molecule has 7 nitrogen and oxygen atoms in total. The Morgan fingerprint density at radius 1 is 1.17 bits per heavy atom. The van der Waals surface area contributed by atoms with Crippen molar-refractivity contribution in [2.75, 3.05) is 6.54 Å². The van der Waals surface area contributed by atoms with E-state index in [-0.39, 0.29) is 6.03 Å². The molecule has 144 valence electrons. The van der Waals surface area contributed by atoms with Crippen LogP contribution in [0.5, 0.6) is 0 Å². The van der Waals surface area contributed by atoms with Crippen molar-refractivity contribution in [3.63, 3.8) is 0 Å². The molecule has 0 fully saturated rings. The SMILES string of the molecule is CCNC(=O)NC1N=C(c2ccc(C#N)cc2)c2ccccc2-c2c(C)noc21. The third-order valence-electron chi connectivity index (χ3n) is 4.74. The van der Waals surface area contributed by atoms with E-state index in [4.69, 9.17) is 14.8 Å². The normalized spacial score (nSPS) is 14.7. The van der Waals surface area contributed by atoms with Gasteiger partial charge in [-0.3, -0.25) is 4.99 Å². The van der Waals surface area contributed by atoms with Crippen LogP contribution in [0.15, 0.2) is 58.0 Å². The molecule has 2 aromatic carbocycles. The standard InChI is InChI=1S/C22H19N5O2/c1-3-24-22(28)26-21-20-18(13(2)27-29-20)16-6-4-5-7-17(16)19(25-21)15-10-8-14(12-23)9-11-15/h4-11,21H,3H2,1-2H3,(H2,24,26,28). The van der Waals surface area contributed by atoms with Crippen LogP contribution in [0.1, 0.15) is 41.2 Å². The van der Waals surface area contributed by atoms with Crippen molar-refractivity contribution in [1.29, 1.82) is 5.26 Å². The molecule has 1 aromatic heterocycles. The van der Waals surface area contributed by atoms with Gasteiger partial charge < -0.3 is 15.2 Å². The van der Waals surface area contributed by atoms with Crippen molar-refractivity contribution in [1.82, 2.24) is 15.8 Å². The summed E-state index contributed by atoms with van der Waals surface area (Å²) in [5.41, 5.74) is 5.52. The van der Waals surface area contributed by atoms with E-state index in [0.717, 1.165) is 27.9 Å². The molecular weight excluding hydrogens is 366 g/mol. The van der Waals surface area contributed by atoms with Gasteiger partial charge in [0, 0.05) is 17.7 Å². The van der Waals surface area contributed by atoms with Crippen molar-refractivity contribution in [3.8, 4) is 17.2 Å². The number of rotatable bonds is 3. The lowest BCUT2D eigenvalue weighted by Gasteiger charge is -2.14. The van der Waals surface area contributed by atoms with Gasteiger partial charge in [-0.05, 0) is 31.5 Å². The number of amides is 2. The van der Waals surface area contributed by atoms with Crippen molar-refractivity contribution >= 4 is 11.7 Å². The highest BCUT2D eigenvalue weighted by Gasteiger charge is 2.31. The van der Waals surface area contributed by atoms with Gasteiger partial charge in [0.1, 0.15) is 0 Å². The lowest BCUT2D eigenvalue weighted by Crippen LogP contribution is -2.37. The maximum atomic E-state index is 12.3. The van der Waals surface area contributed by atoms with Crippen molar-refractivity contribution in [2.24, 2.45) is 4.99 Å². The number of aryl methyl sites for hydroxylation is 1. The molecule has 4 rings (SSSR count). The van der Waals surface area contributed by atoms with Gasteiger partial charge in [0.15, 0.2) is 11.9 Å². The van der Waals surface area contributed by atoms with Gasteiger partial charge in [-0.1, -0.05) is 41.6 Å². The molecule has 2 amide bonds. The number of carbonyl (C=O) groups is 1. The second kappa shape index (κ2) is 7.60. The Hall–Kier alpha value is -3.92. The Balaban J connectivity index is 1.91. The first-order valence-corrected chi connectivity index (χ1v) is 9.31. The Morgan fingerprint density at radius 3 is 2.59 bits per heavy atom. The average Bonchev–Trinajstić information content (AvgIpc) is 3.06. The summed E-state index contributed by atoms with van der Waals surface area (Å²) < 4.78 is 5.59. The molecule has 0 saturated heterocycles. The van der Waals surface area contributed by atoms with Crippen LogP contribution in [0.25, 0.3) is 11.1 Å². The van der Waals surface area contributed by atoms with E-state index in [2.05, 4.69) is 21.9 Å². The summed E-state index contributed by atoms with van der Waals surface area (Å²) in [5, 5.41) is 18.8. The number of benzene rings is 2. The van der Waals surface area contributed by atoms with E-state index >= 15 is 0 Å². The van der Waals surface area contributed by atoms with Crippen LogP contribution < -0.4 is 10.6 Å². The fourth-order valence-electron chi connectivity index (χ4n) is 3.43. The minimum atomic E-state index is -0.740. The molecule has 0 saturated carbocycles. The molecule has 29 heavy (non-hydrogen) atoms. The highest BCUT2D eigenvalue weighted by atomic mass is 16.5. The number of nitriles is 1. The Kier molecular flexibility index (Phi) is 4.83. The number of carbonyl (C=O) groups excluding carboxylic acids is 1. The molecule has 2 N–H and O–H groups in total. The molecule has 1 unspecified atom stereocenters. The number of aromatic nitrogens is 1. The largest absolute Gasteiger partial charge is 0.356 e. The Labute approximate surface area is 168 Å². The molecule has 7 heteroatoms. The molecule has 2 heterocycles. The van der Waals surface area contributed by atoms with Gasteiger partial charge in [-0.2, -0.15) is 5.26 Å². The zero-order chi connectivity index (χ0) is 20.4. The molecule has 0 radical (unpaired) electrons. The number of urea groups is 1. The third kappa shape index (κ3) is 3.36. The van der Waals surface area contributed by atoms with E-state index in [0.29, 0.717) is 23.6 Å². The maximum Gasteiger partial charge on any atom is 0.316 e. The summed E-state index contributed by atoms with van der Waals surface area (Å²) >= 11 is 0. The maximum absolute atomic E-state index is 12.3. The Bertz CT molecular complexity index is 1140. The second-order valence-electron chi connectivity index (χ2n) is 6.63. The number of fused-ring (bicyclic) bond motifs is 3. The lowest BCUT2D eigenvalue weighted by atomic mass is 9.93. The summed E-state index contributed by atoms with van der Waals surface area (Å²) in [6.45, 7) is 4.21. The van der Waals surface area contributed by atoms with Crippen LogP contribution in [0.2, 0.25) is 0 Å². The second-order valence-corrected chi connectivity index (χ2v) is 6.63. The monoisotopic (exact) mass is 385 g/mol. The molecule has 1 aliphatic heterocycles. The number of hydrogen-bond donors (Lipinski definition) is 2.